The molecule has 3 aromatic rings. The summed E-state index contributed by atoms with van der Waals surface area (Å²) in [5, 5.41) is 0. The van der Waals surface area contributed by atoms with Crippen LogP contribution in [0.1, 0.15) is 24.2 Å². The zero-order chi connectivity index (χ0) is 21.3. The molecule has 1 aliphatic heterocycles. The van der Waals surface area contributed by atoms with Gasteiger partial charge in [-0.25, -0.2) is 13.8 Å². The Morgan fingerprint density at radius 2 is 1.67 bits per heavy atom. The summed E-state index contributed by atoms with van der Waals surface area (Å²) in [5.41, 5.74) is 2.42. The zero-order valence-corrected chi connectivity index (χ0v) is 16.1. The van der Waals surface area contributed by atoms with Crippen LogP contribution in [0.2, 0.25) is 0 Å². The first kappa shape index (κ1) is 20.5. The molecule has 4 rings (SSSR count). The number of halogens is 5. The van der Waals surface area contributed by atoms with E-state index in [2.05, 4.69) is 16.0 Å². The van der Waals surface area contributed by atoms with Crippen molar-refractivity contribution in [3.8, 4) is 0 Å². The first-order valence-corrected chi connectivity index (χ1v) is 9.71. The molecule has 8 heteroatoms. The average molecular weight is 421 g/mol. The van der Waals surface area contributed by atoms with Gasteiger partial charge in [0.15, 0.2) is 0 Å². The SMILES string of the molecule is Fc1ccc(C2=CCN(CCCn3c(C(F)(F)F)nc4cc(F)ccc43)CC2)cc1. The minimum atomic E-state index is -4.60. The number of hydrogen-bond acceptors (Lipinski definition) is 2. The van der Waals surface area contributed by atoms with E-state index < -0.39 is 17.8 Å². The van der Waals surface area contributed by atoms with Gasteiger partial charge in [0.1, 0.15) is 11.6 Å². The van der Waals surface area contributed by atoms with Gasteiger partial charge in [0, 0.05) is 32.2 Å². The molecule has 0 saturated carbocycles. The standard InChI is InChI=1S/C22H20F5N3/c23-17-4-2-15(3-5-17)16-8-12-29(13-9-16)10-1-11-30-20-7-6-18(24)14-19(20)28-21(30)22(25,26)27/h2-8,14H,1,9-13H2. The van der Waals surface area contributed by atoms with Crippen LogP contribution in [0.5, 0.6) is 0 Å². The Labute approximate surface area is 170 Å². The fourth-order valence-electron chi connectivity index (χ4n) is 3.84. The third-order valence-electron chi connectivity index (χ3n) is 5.33. The van der Waals surface area contributed by atoms with E-state index in [-0.39, 0.29) is 23.4 Å². The summed E-state index contributed by atoms with van der Waals surface area (Å²) in [6.07, 6.45) is -1.22. The fourth-order valence-corrected chi connectivity index (χ4v) is 3.84. The van der Waals surface area contributed by atoms with E-state index in [0.717, 1.165) is 40.8 Å². The van der Waals surface area contributed by atoms with Crippen LogP contribution in [0.4, 0.5) is 22.0 Å². The number of hydrogen-bond donors (Lipinski definition) is 0. The smallest absolute Gasteiger partial charge is 0.320 e. The lowest BCUT2D eigenvalue weighted by atomic mass is 9.99. The molecular weight excluding hydrogens is 401 g/mol. The highest BCUT2D eigenvalue weighted by Crippen LogP contribution is 2.32. The molecule has 2 heterocycles. The second-order valence-corrected chi connectivity index (χ2v) is 7.36. The number of fused-ring (bicyclic) bond motifs is 1. The minimum absolute atomic E-state index is 0.00664. The normalized spacial score (nSPS) is 15.6. The molecule has 0 amide bonds. The lowest BCUT2D eigenvalue weighted by Crippen LogP contribution is -2.30. The van der Waals surface area contributed by atoms with E-state index in [1.165, 1.54) is 18.2 Å². The molecule has 0 unspecified atom stereocenters. The minimum Gasteiger partial charge on any atom is -0.320 e. The van der Waals surface area contributed by atoms with Gasteiger partial charge in [-0.3, -0.25) is 4.90 Å². The van der Waals surface area contributed by atoms with Gasteiger partial charge in [0.25, 0.3) is 0 Å². The molecule has 0 bridgehead atoms. The Kier molecular flexibility index (Phi) is 5.60. The summed E-state index contributed by atoms with van der Waals surface area (Å²) < 4.78 is 67.7. The molecule has 0 radical (unpaired) electrons. The molecule has 1 aromatic heterocycles. The van der Waals surface area contributed by atoms with E-state index in [4.69, 9.17) is 0 Å². The van der Waals surface area contributed by atoms with Crippen molar-refractivity contribution in [3.05, 3.63) is 71.6 Å². The summed E-state index contributed by atoms with van der Waals surface area (Å²) in [4.78, 5) is 5.77. The van der Waals surface area contributed by atoms with Crippen molar-refractivity contribution in [1.29, 1.82) is 0 Å². The third kappa shape index (κ3) is 4.38. The zero-order valence-electron chi connectivity index (χ0n) is 16.1. The molecule has 0 saturated heterocycles. The molecule has 0 atom stereocenters. The van der Waals surface area contributed by atoms with Crippen LogP contribution in [0.15, 0.2) is 48.5 Å². The number of imidazole rings is 1. The largest absolute Gasteiger partial charge is 0.449 e. The molecule has 0 spiro atoms. The molecular formula is C22H20F5N3. The highest BCUT2D eigenvalue weighted by atomic mass is 19.4. The van der Waals surface area contributed by atoms with Gasteiger partial charge < -0.3 is 4.57 Å². The van der Waals surface area contributed by atoms with Crippen LogP contribution < -0.4 is 0 Å². The van der Waals surface area contributed by atoms with Crippen LogP contribution in [0.25, 0.3) is 16.6 Å². The van der Waals surface area contributed by atoms with Crippen LogP contribution >= 0.6 is 0 Å². The fraction of sp³-hybridized carbons (Fsp3) is 0.318. The number of benzene rings is 2. The number of nitrogens with zero attached hydrogens (tertiary/aromatic N) is 3. The van der Waals surface area contributed by atoms with Crippen molar-refractivity contribution in [2.24, 2.45) is 0 Å². The number of aromatic nitrogens is 2. The summed E-state index contributed by atoms with van der Waals surface area (Å²) >= 11 is 0. The maximum Gasteiger partial charge on any atom is 0.449 e. The van der Waals surface area contributed by atoms with Crippen molar-refractivity contribution in [1.82, 2.24) is 14.5 Å². The van der Waals surface area contributed by atoms with Gasteiger partial charge in [-0.15, -0.1) is 0 Å². The van der Waals surface area contributed by atoms with Gasteiger partial charge in [0.2, 0.25) is 5.82 Å². The predicted octanol–water partition coefficient (Wildman–Crippen LogP) is 5.51. The Bertz CT molecular complexity index is 1070. The summed E-state index contributed by atoms with van der Waals surface area (Å²) in [5.74, 6) is -1.89. The summed E-state index contributed by atoms with van der Waals surface area (Å²) in [6, 6.07) is 9.88. The lowest BCUT2D eigenvalue weighted by Gasteiger charge is -2.26. The van der Waals surface area contributed by atoms with Crippen LogP contribution in [-0.2, 0) is 12.7 Å². The number of alkyl halides is 3. The second-order valence-electron chi connectivity index (χ2n) is 7.36. The molecule has 158 valence electrons. The molecule has 0 aliphatic carbocycles. The van der Waals surface area contributed by atoms with Crippen molar-refractivity contribution >= 4 is 16.6 Å². The van der Waals surface area contributed by atoms with Crippen molar-refractivity contribution in [3.63, 3.8) is 0 Å². The van der Waals surface area contributed by atoms with E-state index in [1.54, 1.807) is 12.1 Å². The van der Waals surface area contributed by atoms with Crippen molar-refractivity contribution in [2.45, 2.75) is 25.6 Å². The average Bonchev–Trinajstić information content (AvgIpc) is 3.07. The highest BCUT2D eigenvalue weighted by molar-refractivity contribution is 5.76. The second kappa shape index (κ2) is 8.18. The topological polar surface area (TPSA) is 21.1 Å². The van der Waals surface area contributed by atoms with E-state index in [0.29, 0.717) is 19.5 Å². The Morgan fingerprint density at radius 3 is 2.33 bits per heavy atom. The van der Waals surface area contributed by atoms with Crippen LogP contribution in [0.3, 0.4) is 0 Å². The summed E-state index contributed by atoms with van der Waals surface area (Å²) in [7, 11) is 0. The molecule has 0 fully saturated rings. The number of aryl methyl sites for hydroxylation is 1. The van der Waals surface area contributed by atoms with E-state index >= 15 is 0 Å². The Hall–Kier alpha value is -2.74. The summed E-state index contributed by atoms with van der Waals surface area (Å²) in [6.45, 7) is 2.24. The van der Waals surface area contributed by atoms with Gasteiger partial charge in [-0.05, 0) is 48.2 Å². The third-order valence-corrected chi connectivity index (χ3v) is 5.33. The first-order chi connectivity index (χ1) is 14.3. The Morgan fingerprint density at radius 1 is 0.933 bits per heavy atom. The van der Waals surface area contributed by atoms with E-state index in [9.17, 15) is 22.0 Å². The maximum atomic E-state index is 13.4. The van der Waals surface area contributed by atoms with Crippen LogP contribution in [-0.4, -0.2) is 34.1 Å². The predicted molar refractivity (Wildman–Crippen MR) is 105 cm³/mol. The van der Waals surface area contributed by atoms with Crippen molar-refractivity contribution < 1.29 is 22.0 Å². The Balaban J connectivity index is 1.41. The molecule has 30 heavy (non-hydrogen) atoms. The van der Waals surface area contributed by atoms with Crippen LogP contribution in [0, 0.1) is 11.6 Å². The first-order valence-electron chi connectivity index (χ1n) is 9.71. The molecule has 3 nitrogen and oxygen atoms in total. The van der Waals surface area contributed by atoms with Gasteiger partial charge >= 0.3 is 6.18 Å². The highest BCUT2D eigenvalue weighted by Gasteiger charge is 2.37. The molecule has 0 N–H and O–H groups in total. The molecule has 2 aromatic carbocycles. The quantitative estimate of drug-likeness (QED) is 0.507. The molecule has 1 aliphatic rings. The van der Waals surface area contributed by atoms with Gasteiger partial charge in [-0.2, -0.15) is 13.2 Å². The van der Waals surface area contributed by atoms with E-state index in [1.807, 2.05) is 0 Å². The van der Waals surface area contributed by atoms with Gasteiger partial charge in [-0.1, -0.05) is 18.2 Å². The lowest BCUT2D eigenvalue weighted by molar-refractivity contribution is -0.147. The van der Waals surface area contributed by atoms with Crippen molar-refractivity contribution in [2.75, 3.05) is 19.6 Å². The monoisotopic (exact) mass is 421 g/mol. The number of rotatable bonds is 5. The maximum absolute atomic E-state index is 13.4. The van der Waals surface area contributed by atoms with Gasteiger partial charge in [0.05, 0.1) is 11.0 Å².